The molecular formula is C22H32O9. The molecule has 0 radical (unpaired) electrons. The topological polar surface area (TPSA) is 140 Å². The Morgan fingerprint density at radius 1 is 1.29 bits per heavy atom. The molecule has 0 unspecified atom stereocenters. The molecule has 0 aromatic rings. The van der Waals surface area contributed by atoms with Gasteiger partial charge in [0.2, 0.25) is 0 Å². The molecule has 31 heavy (non-hydrogen) atoms. The molecule has 2 aliphatic carbocycles. The molecule has 174 valence electrons. The smallest absolute Gasteiger partial charge is 0.341 e. The number of hydrogen-bond acceptors (Lipinski definition) is 9. The number of aliphatic hydroxyl groups is 3. The van der Waals surface area contributed by atoms with E-state index in [1.807, 2.05) is 0 Å². The number of carbonyl (C=O) groups is 3. The van der Waals surface area contributed by atoms with Crippen molar-refractivity contribution >= 4 is 17.9 Å². The molecule has 3 aliphatic rings. The van der Waals surface area contributed by atoms with E-state index in [0.29, 0.717) is 17.6 Å². The summed E-state index contributed by atoms with van der Waals surface area (Å²) in [5.74, 6) is -3.36. The molecule has 1 saturated heterocycles. The first kappa shape index (κ1) is 23.7. The third kappa shape index (κ3) is 3.37. The Balaban J connectivity index is 2.22. The van der Waals surface area contributed by atoms with E-state index in [0.717, 1.165) is 6.92 Å². The summed E-state index contributed by atoms with van der Waals surface area (Å²) in [6.07, 6.45) is -3.22. The molecule has 3 rings (SSSR count). The van der Waals surface area contributed by atoms with Crippen molar-refractivity contribution in [1.29, 1.82) is 0 Å². The molecule has 2 fully saturated rings. The summed E-state index contributed by atoms with van der Waals surface area (Å²) in [6, 6.07) is 0. The highest BCUT2D eigenvalue weighted by molar-refractivity contribution is 5.85. The Morgan fingerprint density at radius 3 is 2.45 bits per heavy atom. The Labute approximate surface area is 181 Å². The average Bonchev–Trinajstić information content (AvgIpc) is 3.03. The fraction of sp³-hybridized carbons (Fsp3) is 0.773. The number of carbonyl (C=O) groups excluding carboxylic acids is 3. The van der Waals surface area contributed by atoms with Crippen molar-refractivity contribution in [2.75, 3.05) is 0 Å². The lowest BCUT2D eigenvalue weighted by atomic mass is 9.75. The average molecular weight is 440 g/mol. The summed E-state index contributed by atoms with van der Waals surface area (Å²) in [5.41, 5.74) is -5.18. The van der Waals surface area contributed by atoms with Gasteiger partial charge in [0, 0.05) is 19.3 Å². The standard InChI is InChI=1S/C22H32O9/c1-7-10(2)18(25)29-15-9-20(5,31-12(4)23)13-8-14(24)11(3)16(13)17-22(15,28)21(6,27)19(26)30-17/h10,13-15,17,24,27-28H,7-9H2,1-6H3/t10-,13-,14+,15-,17-,20-,21+,22+/m0/s1. The lowest BCUT2D eigenvalue weighted by molar-refractivity contribution is -0.212. The highest BCUT2D eigenvalue weighted by Gasteiger charge is 2.74. The molecule has 9 heteroatoms. The van der Waals surface area contributed by atoms with Crippen LogP contribution in [-0.4, -0.2) is 68.3 Å². The predicted molar refractivity (Wildman–Crippen MR) is 106 cm³/mol. The van der Waals surface area contributed by atoms with Crippen LogP contribution in [0.25, 0.3) is 0 Å². The number of hydrogen-bond donors (Lipinski definition) is 3. The summed E-state index contributed by atoms with van der Waals surface area (Å²) in [4.78, 5) is 37.2. The molecule has 0 bridgehead atoms. The van der Waals surface area contributed by atoms with Gasteiger partial charge in [-0.1, -0.05) is 13.8 Å². The third-order valence-electron chi connectivity index (χ3n) is 7.34. The zero-order valence-corrected chi connectivity index (χ0v) is 18.8. The molecule has 0 amide bonds. The zero-order valence-electron chi connectivity index (χ0n) is 18.8. The highest BCUT2D eigenvalue weighted by Crippen LogP contribution is 2.56. The lowest BCUT2D eigenvalue weighted by Gasteiger charge is -2.41. The quantitative estimate of drug-likeness (QED) is 0.328. The van der Waals surface area contributed by atoms with Gasteiger partial charge >= 0.3 is 17.9 Å². The predicted octanol–water partition coefficient (Wildman–Crippen LogP) is 0.775. The van der Waals surface area contributed by atoms with E-state index in [9.17, 15) is 29.7 Å². The zero-order chi connectivity index (χ0) is 23.5. The second-order valence-electron chi connectivity index (χ2n) is 9.47. The van der Waals surface area contributed by atoms with Crippen LogP contribution in [0.15, 0.2) is 11.1 Å². The van der Waals surface area contributed by atoms with Gasteiger partial charge in [-0.3, -0.25) is 9.59 Å². The van der Waals surface area contributed by atoms with Crippen LogP contribution >= 0.6 is 0 Å². The van der Waals surface area contributed by atoms with Crippen LogP contribution in [0.1, 0.15) is 60.8 Å². The molecule has 3 N–H and O–H groups in total. The summed E-state index contributed by atoms with van der Waals surface area (Å²) >= 11 is 0. The number of aliphatic hydroxyl groups excluding tert-OH is 1. The number of esters is 3. The van der Waals surface area contributed by atoms with Gasteiger partial charge in [0.15, 0.2) is 17.3 Å². The van der Waals surface area contributed by atoms with Crippen molar-refractivity contribution < 1.29 is 43.9 Å². The van der Waals surface area contributed by atoms with E-state index in [2.05, 4.69) is 0 Å². The summed E-state index contributed by atoms with van der Waals surface area (Å²) in [7, 11) is 0. The maximum atomic E-state index is 12.7. The molecule has 1 aliphatic heterocycles. The second-order valence-corrected chi connectivity index (χ2v) is 9.47. The molecule has 1 saturated carbocycles. The van der Waals surface area contributed by atoms with Gasteiger partial charge in [-0.25, -0.2) is 4.79 Å². The molecule has 0 aromatic heterocycles. The van der Waals surface area contributed by atoms with Crippen LogP contribution < -0.4 is 0 Å². The van der Waals surface area contributed by atoms with Crippen molar-refractivity contribution in [2.24, 2.45) is 11.8 Å². The van der Waals surface area contributed by atoms with Crippen LogP contribution in [0, 0.1) is 11.8 Å². The SMILES string of the molecule is CC[C@H](C)C(=O)O[C@H]1C[C@](C)(OC(C)=O)[C@H]2C[C@@H](O)C(C)=C2[C@@H]2OC(=O)[C@@](C)(O)[C@@]12O. The van der Waals surface area contributed by atoms with Gasteiger partial charge in [-0.15, -0.1) is 0 Å². The summed E-state index contributed by atoms with van der Waals surface area (Å²) < 4.78 is 16.8. The van der Waals surface area contributed by atoms with E-state index in [-0.39, 0.29) is 12.8 Å². The van der Waals surface area contributed by atoms with E-state index in [4.69, 9.17) is 14.2 Å². The normalized spacial score (nSPS) is 42.9. The Hall–Kier alpha value is -1.97. The van der Waals surface area contributed by atoms with Crippen molar-refractivity contribution in [3.05, 3.63) is 11.1 Å². The molecule has 8 atom stereocenters. The fourth-order valence-electron chi connectivity index (χ4n) is 5.14. The first-order valence-corrected chi connectivity index (χ1v) is 10.6. The van der Waals surface area contributed by atoms with Gasteiger partial charge in [0.25, 0.3) is 0 Å². The van der Waals surface area contributed by atoms with Gasteiger partial charge in [0.1, 0.15) is 11.7 Å². The molecule has 9 nitrogen and oxygen atoms in total. The van der Waals surface area contributed by atoms with Crippen LogP contribution in [-0.2, 0) is 28.6 Å². The third-order valence-corrected chi connectivity index (χ3v) is 7.34. The van der Waals surface area contributed by atoms with E-state index in [1.165, 1.54) is 6.92 Å². The van der Waals surface area contributed by atoms with E-state index in [1.54, 1.807) is 27.7 Å². The minimum absolute atomic E-state index is 0.170. The first-order chi connectivity index (χ1) is 14.2. The highest BCUT2D eigenvalue weighted by atomic mass is 16.6. The van der Waals surface area contributed by atoms with E-state index < -0.39 is 64.9 Å². The lowest BCUT2D eigenvalue weighted by Crippen LogP contribution is -2.64. The molecule has 0 aromatic carbocycles. The van der Waals surface area contributed by atoms with Gasteiger partial charge in [-0.05, 0) is 44.8 Å². The molecular weight excluding hydrogens is 408 g/mol. The maximum absolute atomic E-state index is 12.7. The van der Waals surface area contributed by atoms with Gasteiger partial charge < -0.3 is 29.5 Å². The van der Waals surface area contributed by atoms with Gasteiger partial charge in [0.05, 0.1) is 12.0 Å². The summed E-state index contributed by atoms with van der Waals surface area (Å²) in [6.45, 7) is 9.10. The molecule has 0 spiro atoms. The maximum Gasteiger partial charge on any atom is 0.341 e. The van der Waals surface area contributed by atoms with Crippen molar-refractivity contribution in [3.8, 4) is 0 Å². The second kappa shape index (κ2) is 7.56. The van der Waals surface area contributed by atoms with Crippen LogP contribution in [0.4, 0.5) is 0 Å². The first-order valence-electron chi connectivity index (χ1n) is 10.6. The number of rotatable bonds is 4. The van der Waals surface area contributed by atoms with Crippen molar-refractivity contribution in [1.82, 2.24) is 0 Å². The van der Waals surface area contributed by atoms with Gasteiger partial charge in [-0.2, -0.15) is 0 Å². The Bertz CT molecular complexity index is 831. The Morgan fingerprint density at radius 2 is 1.90 bits per heavy atom. The Kier molecular flexibility index (Phi) is 5.78. The van der Waals surface area contributed by atoms with Crippen molar-refractivity contribution in [3.63, 3.8) is 0 Å². The van der Waals surface area contributed by atoms with Crippen LogP contribution in [0.2, 0.25) is 0 Å². The van der Waals surface area contributed by atoms with E-state index >= 15 is 0 Å². The fourth-order valence-corrected chi connectivity index (χ4v) is 5.14. The molecule has 1 heterocycles. The minimum atomic E-state index is -2.40. The minimum Gasteiger partial charge on any atom is -0.459 e. The van der Waals surface area contributed by atoms with Crippen molar-refractivity contribution in [2.45, 2.75) is 95.9 Å². The van der Waals surface area contributed by atoms with Crippen LogP contribution in [0.3, 0.4) is 0 Å². The summed E-state index contributed by atoms with van der Waals surface area (Å²) in [5, 5.41) is 33.4. The largest absolute Gasteiger partial charge is 0.459 e. The number of fused-ring (bicyclic) bond motifs is 3. The number of ether oxygens (including phenoxy) is 3. The van der Waals surface area contributed by atoms with Crippen LogP contribution in [0.5, 0.6) is 0 Å². The monoisotopic (exact) mass is 440 g/mol.